The Balaban J connectivity index is 1.98. The van der Waals surface area contributed by atoms with Crippen LogP contribution in [0.1, 0.15) is 52.7 Å². The molecule has 0 radical (unpaired) electrons. The number of rotatable bonds is 4. The molecule has 0 aliphatic heterocycles. The van der Waals surface area contributed by atoms with Crippen LogP contribution in [0.3, 0.4) is 0 Å². The first-order valence-corrected chi connectivity index (χ1v) is 11.7. The number of hydrogen-bond acceptors (Lipinski definition) is 5. The summed E-state index contributed by atoms with van der Waals surface area (Å²) in [5.41, 5.74) is 8.94. The van der Waals surface area contributed by atoms with Crippen LogP contribution in [0.2, 0.25) is 0 Å². The van der Waals surface area contributed by atoms with Gasteiger partial charge in [-0.2, -0.15) is 0 Å². The minimum absolute atomic E-state index is 0.111. The van der Waals surface area contributed by atoms with Crippen molar-refractivity contribution in [3.63, 3.8) is 0 Å². The van der Waals surface area contributed by atoms with Crippen LogP contribution in [-0.2, 0) is 21.6 Å². The van der Waals surface area contributed by atoms with Crippen molar-refractivity contribution in [2.24, 2.45) is 10.2 Å². The average molecular weight is 450 g/mol. The molecule has 0 amide bonds. The Morgan fingerprint density at radius 3 is 1.97 bits per heavy atom. The molecule has 168 valence electrons. The van der Waals surface area contributed by atoms with Gasteiger partial charge in [-0.25, -0.2) is 4.21 Å². The van der Waals surface area contributed by atoms with Crippen LogP contribution >= 0.6 is 0 Å². The van der Waals surface area contributed by atoms with Gasteiger partial charge in [0.15, 0.2) is 0 Å². The van der Waals surface area contributed by atoms with E-state index >= 15 is 0 Å². The molecule has 3 aromatic rings. The molecule has 6 heteroatoms. The highest BCUT2D eigenvalue weighted by Crippen LogP contribution is 2.42. The molecule has 0 bridgehead atoms. The summed E-state index contributed by atoms with van der Waals surface area (Å²) in [6, 6.07) is 18.2. The number of aromatic hydroxyl groups is 1. The summed E-state index contributed by atoms with van der Waals surface area (Å²) >= 11 is 0. The summed E-state index contributed by atoms with van der Waals surface area (Å²) in [6.45, 7) is 12.5. The topological polar surface area (TPSA) is 88.0 Å². The van der Waals surface area contributed by atoms with Gasteiger partial charge in [0.25, 0.3) is 0 Å². The van der Waals surface area contributed by atoms with E-state index in [0.29, 0.717) is 26.9 Å². The summed E-state index contributed by atoms with van der Waals surface area (Å²) in [7, 11) is -1.33. The molecule has 0 aliphatic rings. The molecule has 0 aliphatic carbocycles. The number of nitrogen functional groups attached to an aromatic ring is 1. The second-order valence-corrected chi connectivity index (χ2v) is 11.4. The third-order valence-electron chi connectivity index (χ3n) is 5.20. The van der Waals surface area contributed by atoms with Crippen LogP contribution in [0.4, 0.5) is 17.1 Å². The van der Waals surface area contributed by atoms with Crippen LogP contribution in [0.5, 0.6) is 5.75 Å². The molecule has 3 aromatic carbocycles. The first-order valence-electron chi connectivity index (χ1n) is 10.5. The fourth-order valence-corrected chi connectivity index (χ4v) is 4.33. The number of nitrogens with two attached hydrogens (primary N) is 1. The lowest BCUT2D eigenvalue weighted by molar-refractivity contribution is 0.446. The van der Waals surface area contributed by atoms with Crippen LogP contribution in [0, 0.1) is 0 Å². The fraction of sp³-hybridized carbons (Fsp3) is 0.308. The van der Waals surface area contributed by atoms with E-state index in [1.165, 1.54) is 0 Å². The highest BCUT2D eigenvalue weighted by Gasteiger charge is 2.25. The summed E-state index contributed by atoms with van der Waals surface area (Å²) in [5, 5.41) is 19.5. The van der Waals surface area contributed by atoms with E-state index in [9.17, 15) is 9.32 Å². The summed E-state index contributed by atoms with van der Waals surface area (Å²) in [4.78, 5) is 1.31. The molecule has 1 unspecified atom stereocenters. The lowest BCUT2D eigenvalue weighted by atomic mass is 9.80. The van der Waals surface area contributed by atoms with Gasteiger partial charge in [0.2, 0.25) is 0 Å². The van der Waals surface area contributed by atoms with Crippen molar-refractivity contribution in [1.82, 2.24) is 0 Å². The van der Waals surface area contributed by atoms with Crippen LogP contribution in [0.15, 0.2) is 80.7 Å². The van der Waals surface area contributed by atoms with Crippen molar-refractivity contribution in [2.75, 3.05) is 5.73 Å². The summed E-state index contributed by atoms with van der Waals surface area (Å²) in [6.07, 6.45) is 0. The number of phenols is 1. The van der Waals surface area contributed by atoms with E-state index in [-0.39, 0.29) is 16.6 Å². The highest BCUT2D eigenvalue weighted by atomic mass is 32.2. The van der Waals surface area contributed by atoms with Gasteiger partial charge >= 0.3 is 0 Å². The minimum Gasteiger partial charge on any atom is -0.505 e. The number of anilines is 1. The van der Waals surface area contributed by atoms with Gasteiger partial charge in [-0.05, 0) is 52.8 Å². The van der Waals surface area contributed by atoms with E-state index in [1.54, 1.807) is 18.2 Å². The lowest BCUT2D eigenvalue weighted by Crippen LogP contribution is -2.16. The van der Waals surface area contributed by atoms with Crippen molar-refractivity contribution in [3.05, 3.63) is 71.8 Å². The van der Waals surface area contributed by atoms with E-state index < -0.39 is 10.8 Å². The number of benzene rings is 3. The van der Waals surface area contributed by atoms with Gasteiger partial charge in [-0.3, -0.25) is 0 Å². The average Bonchev–Trinajstić information content (AvgIpc) is 2.72. The van der Waals surface area contributed by atoms with Gasteiger partial charge in [0.1, 0.15) is 17.1 Å². The zero-order valence-electron chi connectivity index (χ0n) is 19.5. The third kappa shape index (κ3) is 5.25. The first kappa shape index (κ1) is 23.7. The fourth-order valence-electron chi connectivity index (χ4n) is 3.23. The van der Waals surface area contributed by atoms with Gasteiger partial charge in [-0.1, -0.05) is 65.8 Å². The molecule has 5 nitrogen and oxygen atoms in total. The smallest absolute Gasteiger partial charge is 0.146 e. The van der Waals surface area contributed by atoms with Crippen molar-refractivity contribution < 1.29 is 9.32 Å². The van der Waals surface area contributed by atoms with Crippen molar-refractivity contribution in [3.8, 4) is 5.75 Å². The molecular weight excluding hydrogens is 418 g/mol. The van der Waals surface area contributed by atoms with E-state index in [0.717, 1.165) is 11.1 Å². The second-order valence-electron chi connectivity index (χ2n) is 9.89. The second kappa shape index (κ2) is 8.87. The Kier molecular flexibility index (Phi) is 6.56. The maximum Gasteiger partial charge on any atom is 0.146 e. The lowest BCUT2D eigenvalue weighted by Gasteiger charge is -2.26. The van der Waals surface area contributed by atoms with Gasteiger partial charge < -0.3 is 10.8 Å². The highest BCUT2D eigenvalue weighted by molar-refractivity contribution is 7.85. The molecular formula is C26H31N3O2S. The summed E-state index contributed by atoms with van der Waals surface area (Å²) < 4.78 is 12.8. The molecule has 1 atom stereocenters. The molecule has 0 fully saturated rings. The van der Waals surface area contributed by atoms with Crippen LogP contribution < -0.4 is 5.73 Å². The molecule has 0 spiro atoms. The van der Waals surface area contributed by atoms with E-state index in [4.69, 9.17) is 5.73 Å². The van der Waals surface area contributed by atoms with Crippen molar-refractivity contribution in [1.29, 1.82) is 0 Å². The molecule has 3 N–H and O–H groups in total. The van der Waals surface area contributed by atoms with E-state index in [1.807, 2.05) is 42.5 Å². The Bertz CT molecular complexity index is 1170. The molecule has 32 heavy (non-hydrogen) atoms. The molecule has 0 saturated carbocycles. The number of phenolic OH excluding ortho intramolecular Hbond substituents is 1. The molecule has 0 saturated heterocycles. The largest absolute Gasteiger partial charge is 0.505 e. The SMILES string of the molecule is CC(C)(C)c1cc(N=Nc2ccc(S(=O)c3ccccc3)cc2N)c(O)c(C(C)(C)C)c1. The van der Waals surface area contributed by atoms with Crippen LogP contribution in [-0.4, -0.2) is 9.32 Å². The van der Waals surface area contributed by atoms with Gasteiger partial charge in [-0.15, -0.1) is 10.2 Å². The molecule has 0 aromatic heterocycles. The number of azo groups is 1. The zero-order valence-corrected chi connectivity index (χ0v) is 20.3. The number of hydrogen-bond donors (Lipinski definition) is 2. The predicted molar refractivity (Wildman–Crippen MR) is 132 cm³/mol. The Morgan fingerprint density at radius 1 is 0.781 bits per heavy atom. The first-order chi connectivity index (χ1) is 14.9. The third-order valence-corrected chi connectivity index (χ3v) is 6.58. The van der Waals surface area contributed by atoms with Crippen molar-refractivity contribution >= 4 is 27.9 Å². The predicted octanol–water partition coefficient (Wildman–Crippen LogP) is 7.15. The zero-order chi connectivity index (χ0) is 23.7. The maximum absolute atomic E-state index is 12.8. The normalized spacial score (nSPS) is 13.4. The van der Waals surface area contributed by atoms with E-state index in [2.05, 4.69) is 51.8 Å². The van der Waals surface area contributed by atoms with Gasteiger partial charge in [0, 0.05) is 15.4 Å². The number of nitrogens with zero attached hydrogens (tertiary/aromatic N) is 2. The Labute approximate surface area is 192 Å². The Hall–Kier alpha value is -2.99. The minimum atomic E-state index is -1.33. The molecule has 0 heterocycles. The Morgan fingerprint density at radius 2 is 1.41 bits per heavy atom. The van der Waals surface area contributed by atoms with Crippen molar-refractivity contribution in [2.45, 2.75) is 62.2 Å². The standard InChI is InChI=1S/C26H31N3O2S/c1-25(2,3)17-14-20(26(4,5)6)24(30)23(15-17)29-28-22-13-12-19(16-21(22)27)32(31)18-10-8-7-9-11-18/h7-16,30H,27H2,1-6H3. The summed E-state index contributed by atoms with van der Waals surface area (Å²) in [5.74, 6) is 0.120. The molecule has 3 rings (SSSR count). The monoisotopic (exact) mass is 449 g/mol. The maximum atomic E-state index is 12.8. The van der Waals surface area contributed by atoms with Crippen LogP contribution in [0.25, 0.3) is 0 Å². The quantitative estimate of drug-likeness (QED) is 0.327. The van der Waals surface area contributed by atoms with Gasteiger partial charge in [0.05, 0.1) is 16.5 Å².